The summed E-state index contributed by atoms with van der Waals surface area (Å²) in [4.78, 5) is 12.3. The minimum absolute atomic E-state index is 0.150. The van der Waals surface area contributed by atoms with Gasteiger partial charge in [0.05, 0.1) is 11.6 Å². The van der Waals surface area contributed by atoms with E-state index in [2.05, 4.69) is 5.32 Å². The second-order valence-electron chi connectivity index (χ2n) is 5.35. The maximum Gasteiger partial charge on any atom is 0.261 e. The van der Waals surface area contributed by atoms with Crippen LogP contribution in [0.25, 0.3) is 0 Å². The molecule has 0 radical (unpaired) electrons. The van der Waals surface area contributed by atoms with Crippen LogP contribution in [0.1, 0.15) is 18.9 Å². The lowest BCUT2D eigenvalue weighted by Crippen LogP contribution is -2.39. The van der Waals surface area contributed by atoms with Gasteiger partial charge in [-0.15, -0.1) is 0 Å². The number of carbonyl (C=O) groups is 1. The molecular weight excluding hydrogens is 326 g/mol. The molecule has 0 saturated carbocycles. The number of nitrogens with one attached hydrogen (secondary N) is 1. The van der Waals surface area contributed by atoms with Crippen LogP contribution < -0.4 is 14.8 Å². The van der Waals surface area contributed by atoms with Crippen molar-refractivity contribution in [2.75, 3.05) is 13.2 Å². The van der Waals surface area contributed by atoms with Crippen LogP contribution in [0.3, 0.4) is 0 Å². The van der Waals surface area contributed by atoms with Crippen LogP contribution in [0.5, 0.6) is 11.5 Å². The third-order valence-electron chi connectivity index (χ3n) is 3.52. The maximum absolute atomic E-state index is 12.3. The summed E-state index contributed by atoms with van der Waals surface area (Å²) in [5, 5.41) is 3.38. The Labute approximate surface area is 147 Å². The van der Waals surface area contributed by atoms with Crippen molar-refractivity contribution in [3.05, 3.63) is 59.1 Å². The zero-order valence-corrected chi connectivity index (χ0v) is 14.7. The van der Waals surface area contributed by atoms with Gasteiger partial charge in [0, 0.05) is 0 Å². The molecular formula is C19H22ClNO3. The Bertz CT molecular complexity index is 675. The van der Waals surface area contributed by atoms with Gasteiger partial charge in [-0.2, -0.15) is 0 Å². The molecule has 5 heteroatoms. The number of hydrogen-bond acceptors (Lipinski definition) is 3. The lowest BCUT2D eigenvalue weighted by molar-refractivity contribution is -0.128. The number of benzene rings is 2. The molecule has 0 aliphatic rings. The van der Waals surface area contributed by atoms with Crippen LogP contribution >= 0.6 is 11.6 Å². The fourth-order valence-corrected chi connectivity index (χ4v) is 2.37. The molecule has 0 bridgehead atoms. The summed E-state index contributed by atoms with van der Waals surface area (Å²) in [5.41, 5.74) is 1.01. The SMILES string of the molecule is CCC(Oc1ccccc1C)C(=O)NCCOc1ccccc1Cl. The molecule has 1 atom stereocenters. The molecule has 2 aromatic carbocycles. The van der Waals surface area contributed by atoms with E-state index in [4.69, 9.17) is 21.1 Å². The third-order valence-corrected chi connectivity index (χ3v) is 3.83. The number of carbonyl (C=O) groups excluding carboxylic acids is 1. The molecule has 2 rings (SSSR count). The Balaban J connectivity index is 1.80. The molecule has 4 nitrogen and oxygen atoms in total. The molecule has 0 spiro atoms. The van der Waals surface area contributed by atoms with Crippen molar-refractivity contribution in [1.29, 1.82) is 0 Å². The molecule has 0 saturated heterocycles. The van der Waals surface area contributed by atoms with Gasteiger partial charge in [-0.1, -0.05) is 48.9 Å². The Morgan fingerprint density at radius 2 is 1.79 bits per heavy atom. The molecule has 1 N–H and O–H groups in total. The average molecular weight is 348 g/mol. The quantitative estimate of drug-likeness (QED) is 0.734. The molecule has 1 amide bonds. The Hall–Kier alpha value is -2.20. The maximum atomic E-state index is 12.3. The van der Waals surface area contributed by atoms with E-state index in [0.717, 1.165) is 11.3 Å². The van der Waals surface area contributed by atoms with Crippen molar-refractivity contribution in [1.82, 2.24) is 5.32 Å². The number of para-hydroxylation sites is 2. The first-order chi connectivity index (χ1) is 11.6. The fourth-order valence-electron chi connectivity index (χ4n) is 2.18. The van der Waals surface area contributed by atoms with Gasteiger partial charge in [-0.25, -0.2) is 0 Å². The lowest BCUT2D eigenvalue weighted by atomic mass is 10.2. The summed E-state index contributed by atoms with van der Waals surface area (Å²) in [5.74, 6) is 1.19. The molecule has 128 valence electrons. The third kappa shape index (κ3) is 5.17. The Morgan fingerprint density at radius 3 is 2.46 bits per heavy atom. The van der Waals surface area contributed by atoms with Gasteiger partial charge in [-0.3, -0.25) is 4.79 Å². The molecule has 0 fully saturated rings. The summed E-state index contributed by atoms with van der Waals surface area (Å²) in [6.07, 6.45) is 0.0670. The first kappa shape index (κ1) is 18.1. The van der Waals surface area contributed by atoms with E-state index in [0.29, 0.717) is 30.3 Å². The van der Waals surface area contributed by atoms with E-state index in [9.17, 15) is 4.79 Å². The summed E-state index contributed by atoms with van der Waals surface area (Å²) in [6, 6.07) is 14.9. The van der Waals surface area contributed by atoms with Gasteiger partial charge in [-0.05, 0) is 37.1 Å². The number of rotatable bonds is 8. The van der Waals surface area contributed by atoms with Crippen molar-refractivity contribution >= 4 is 17.5 Å². The van der Waals surface area contributed by atoms with E-state index >= 15 is 0 Å². The number of hydrogen-bond donors (Lipinski definition) is 1. The number of halogens is 1. The molecule has 0 aliphatic heterocycles. The average Bonchev–Trinajstić information content (AvgIpc) is 2.59. The van der Waals surface area contributed by atoms with Gasteiger partial charge in [0.1, 0.15) is 18.1 Å². The topological polar surface area (TPSA) is 47.6 Å². The Morgan fingerprint density at radius 1 is 1.12 bits per heavy atom. The molecule has 1 unspecified atom stereocenters. The van der Waals surface area contributed by atoms with E-state index in [1.54, 1.807) is 12.1 Å². The predicted octanol–water partition coefficient (Wildman–Crippen LogP) is 4.00. The number of aryl methyl sites for hydroxylation is 1. The van der Waals surface area contributed by atoms with E-state index < -0.39 is 6.10 Å². The summed E-state index contributed by atoms with van der Waals surface area (Å²) < 4.78 is 11.4. The summed E-state index contributed by atoms with van der Waals surface area (Å²) >= 11 is 6.01. The first-order valence-electron chi connectivity index (χ1n) is 7.99. The van der Waals surface area contributed by atoms with Crippen LogP contribution in [0.4, 0.5) is 0 Å². The predicted molar refractivity (Wildman–Crippen MR) is 95.8 cm³/mol. The monoisotopic (exact) mass is 347 g/mol. The highest BCUT2D eigenvalue weighted by atomic mass is 35.5. The lowest BCUT2D eigenvalue weighted by Gasteiger charge is -2.18. The minimum Gasteiger partial charge on any atom is -0.490 e. The summed E-state index contributed by atoms with van der Waals surface area (Å²) in [7, 11) is 0. The second-order valence-corrected chi connectivity index (χ2v) is 5.76. The minimum atomic E-state index is -0.522. The zero-order valence-electron chi connectivity index (χ0n) is 13.9. The largest absolute Gasteiger partial charge is 0.490 e. The molecule has 24 heavy (non-hydrogen) atoms. The van der Waals surface area contributed by atoms with Gasteiger partial charge in [0.2, 0.25) is 0 Å². The van der Waals surface area contributed by atoms with Crippen molar-refractivity contribution in [3.8, 4) is 11.5 Å². The van der Waals surface area contributed by atoms with Gasteiger partial charge < -0.3 is 14.8 Å². The smallest absolute Gasteiger partial charge is 0.261 e. The summed E-state index contributed by atoms with van der Waals surface area (Å²) in [6.45, 7) is 4.61. The molecule has 2 aromatic rings. The normalized spacial score (nSPS) is 11.6. The van der Waals surface area contributed by atoms with Gasteiger partial charge >= 0.3 is 0 Å². The molecule has 0 aromatic heterocycles. The van der Waals surface area contributed by atoms with Gasteiger partial charge in [0.25, 0.3) is 5.91 Å². The molecule has 0 aliphatic carbocycles. The fraction of sp³-hybridized carbons (Fsp3) is 0.316. The highest BCUT2D eigenvalue weighted by Crippen LogP contribution is 2.22. The van der Waals surface area contributed by atoms with E-state index in [1.807, 2.05) is 50.2 Å². The van der Waals surface area contributed by atoms with Crippen LogP contribution in [0, 0.1) is 6.92 Å². The van der Waals surface area contributed by atoms with Crippen LogP contribution in [-0.4, -0.2) is 25.2 Å². The van der Waals surface area contributed by atoms with Crippen LogP contribution in [0.2, 0.25) is 5.02 Å². The molecule has 0 heterocycles. The second kappa shape index (κ2) is 9.18. The zero-order chi connectivity index (χ0) is 17.4. The van der Waals surface area contributed by atoms with Crippen molar-refractivity contribution in [3.63, 3.8) is 0 Å². The van der Waals surface area contributed by atoms with Crippen LogP contribution in [0.15, 0.2) is 48.5 Å². The first-order valence-corrected chi connectivity index (χ1v) is 8.37. The van der Waals surface area contributed by atoms with Crippen molar-refractivity contribution < 1.29 is 14.3 Å². The number of amides is 1. The highest BCUT2D eigenvalue weighted by molar-refractivity contribution is 6.32. The van der Waals surface area contributed by atoms with Crippen molar-refractivity contribution in [2.24, 2.45) is 0 Å². The van der Waals surface area contributed by atoms with Crippen LogP contribution in [-0.2, 0) is 4.79 Å². The Kier molecular flexibility index (Phi) is 6.94. The van der Waals surface area contributed by atoms with E-state index in [-0.39, 0.29) is 5.91 Å². The number of ether oxygens (including phenoxy) is 2. The van der Waals surface area contributed by atoms with Gasteiger partial charge in [0.15, 0.2) is 6.10 Å². The highest BCUT2D eigenvalue weighted by Gasteiger charge is 2.18. The van der Waals surface area contributed by atoms with E-state index in [1.165, 1.54) is 0 Å². The standard InChI is InChI=1S/C19H22ClNO3/c1-3-16(24-17-10-6-4-8-14(17)2)19(22)21-12-13-23-18-11-7-5-9-15(18)20/h4-11,16H,3,12-13H2,1-2H3,(H,21,22). The van der Waals surface area contributed by atoms with Crippen molar-refractivity contribution in [2.45, 2.75) is 26.4 Å².